The van der Waals surface area contributed by atoms with Gasteiger partial charge in [-0.2, -0.15) is 0 Å². The van der Waals surface area contributed by atoms with Crippen LogP contribution in [-0.2, 0) is 23.8 Å². The first-order chi connectivity index (χ1) is 11.5. The van der Waals surface area contributed by atoms with Crippen molar-refractivity contribution in [2.24, 2.45) is 17.3 Å². The number of aliphatic hydroxyl groups excluding tert-OH is 1. The minimum Gasteiger partial charge on any atom is -0.469 e. The van der Waals surface area contributed by atoms with Gasteiger partial charge in [0, 0.05) is 12.3 Å². The number of ether oxygens (including phenoxy) is 3. The predicted octanol–water partition coefficient (Wildman–Crippen LogP) is 1.05. The molecule has 2 aliphatic rings. The number of hydrogen-bond acceptors (Lipinski definition) is 7. The van der Waals surface area contributed by atoms with Crippen molar-refractivity contribution in [3.63, 3.8) is 0 Å². The molecule has 1 saturated carbocycles. The van der Waals surface area contributed by atoms with Crippen molar-refractivity contribution in [3.05, 3.63) is 0 Å². The molecule has 2 rings (SSSR count). The Hall–Kier alpha value is -1.18. The van der Waals surface area contributed by atoms with Gasteiger partial charge < -0.3 is 24.4 Å². The molecule has 0 aromatic heterocycles. The zero-order valence-electron chi connectivity index (χ0n) is 15.7. The monoisotopic (exact) mass is 358 g/mol. The summed E-state index contributed by atoms with van der Waals surface area (Å²) in [6, 6.07) is 0. The Labute approximate surface area is 148 Å². The number of carbonyl (C=O) groups is 2. The zero-order chi connectivity index (χ0) is 19.0. The third kappa shape index (κ3) is 3.06. The van der Waals surface area contributed by atoms with Gasteiger partial charge in [-0.25, -0.2) is 0 Å². The first kappa shape index (κ1) is 20.1. The highest BCUT2D eigenvalue weighted by molar-refractivity contribution is 5.72. The maximum Gasteiger partial charge on any atom is 0.308 e. The Kier molecular flexibility index (Phi) is 5.52. The summed E-state index contributed by atoms with van der Waals surface area (Å²) in [5.41, 5.74) is -2.92. The smallest absolute Gasteiger partial charge is 0.308 e. The van der Waals surface area contributed by atoms with Crippen molar-refractivity contribution < 1.29 is 34.0 Å². The average Bonchev–Trinajstić information content (AvgIpc) is 2.57. The molecule has 7 nitrogen and oxygen atoms in total. The van der Waals surface area contributed by atoms with Crippen molar-refractivity contribution in [3.8, 4) is 0 Å². The summed E-state index contributed by atoms with van der Waals surface area (Å²) in [4.78, 5) is 23.0. The van der Waals surface area contributed by atoms with E-state index in [2.05, 4.69) is 0 Å². The Bertz CT molecular complexity index is 532. The molecule has 144 valence electrons. The van der Waals surface area contributed by atoms with Crippen LogP contribution >= 0.6 is 0 Å². The van der Waals surface area contributed by atoms with E-state index in [0.717, 1.165) is 6.42 Å². The third-order valence-electron chi connectivity index (χ3n) is 6.45. The summed E-state index contributed by atoms with van der Waals surface area (Å²) in [5, 5.41) is 21.2. The van der Waals surface area contributed by atoms with E-state index < -0.39 is 28.7 Å². The van der Waals surface area contributed by atoms with Gasteiger partial charge in [-0.3, -0.25) is 9.59 Å². The van der Waals surface area contributed by atoms with Crippen LogP contribution in [-0.4, -0.2) is 59.8 Å². The lowest BCUT2D eigenvalue weighted by Gasteiger charge is -2.68. The fourth-order valence-corrected chi connectivity index (χ4v) is 4.51. The summed E-state index contributed by atoms with van der Waals surface area (Å²) >= 11 is 0. The quantitative estimate of drug-likeness (QED) is 0.708. The summed E-state index contributed by atoms with van der Waals surface area (Å²) < 4.78 is 15.9. The molecule has 7 heteroatoms. The summed E-state index contributed by atoms with van der Waals surface area (Å²) in [6.07, 6.45) is 1.13. The molecular weight excluding hydrogens is 328 g/mol. The molecule has 1 spiro atoms. The fraction of sp³-hybridized carbons (Fsp3) is 0.889. The van der Waals surface area contributed by atoms with E-state index in [1.807, 2.05) is 13.8 Å². The molecule has 2 N–H and O–H groups in total. The zero-order valence-corrected chi connectivity index (χ0v) is 15.7. The van der Waals surface area contributed by atoms with Gasteiger partial charge in [0.2, 0.25) is 0 Å². The summed E-state index contributed by atoms with van der Waals surface area (Å²) in [6.45, 7) is 6.49. The van der Waals surface area contributed by atoms with Crippen LogP contribution in [0.15, 0.2) is 0 Å². The highest BCUT2D eigenvalue weighted by Gasteiger charge is 2.72. The number of methoxy groups -OCH3 is 1. The van der Waals surface area contributed by atoms with Crippen molar-refractivity contribution >= 4 is 11.9 Å². The van der Waals surface area contributed by atoms with Gasteiger partial charge in [0.1, 0.15) is 23.9 Å². The molecule has 0 aromatic rings. The van der Waals surface area contributed by atoms with E-state index in [9.17, 15) is 19.8 Å². The molecular formula is C18H30O7. The van der Waals surface area contributed by atoms with Crippen LogP contribution in [0.5, 0.6) is 0 Å². The highest BCUT2D eigenvalue weighted by Crippen LogP contribution is 2.61. The van der Waals surface area contributed by atoms with E-state index in [-0.39, 0.29) is 31.0 Å². The van der Waals surface area contributed by atoms with Crippen molar-refractivity contribution in [1.29, 1.82) is 0 Å². The predicted molar refractivity (Wildman–Crippen MR) is 88.6 cm³/mol. The van der Waals surface area contributed by atoms with Crippen molar-refractivity contribution in [2.75, 3.05) is 20.3 Å². The number of esters is 2. The Morgan fingerprint density at radius 1 is 1.36 bits per heavy atom. The van der Waals surface area contributed by atoms with Crippen LogP contribution in [0.1, 0.15) is 47.0 Å². The summed E-state index contributed by atoms with van der Waals surface area (Å²) in [5.74, 6) is -1.07. The summed E-state index contributed by atoms with van der Waals surface area (Å²) in [7, 11) is 1.36. The minimum absolute atomic E-state index is 0.0202. The Balaban J connectivity index is 2.25. The normalized spacial score (nSPS) is 41.7. The van der Waals surface area contributed by atoms with Crippen molar-refractivity contribution in [2.45, 2.75) is 64.3 Å². The lowest BCUT2D eigenvalue weighted by molar-refractivity contribution is -0.402. The molecule has 0 unspecified atom stereocenters. The second kappa shape index (κ2) is 6.85. The minimum atomic E-state index is -1.28. The van der Waals surface area contributed by atoms with Crippen LogP contribution < -0.4 is 0 Å². The SMILES string of the molecule is COC(=O)[C@@H](C)[C@@H]1CC[C@@](C)(CO)[C@@]2(C1)O[C@H](COC(C)=O)[C@@]2(C)O. The van der Waals surface area contributed by atoms with E-state index in [4.69, 9.17) is 14.2 Å². The first-order valence-corrected chi connectivity index (χ1v) is 8.77. The fourth-order valence-electron chi connectivity index (χ4n) is 4.51. The molecule has 25 heavy (non-hydrogen) atoms. The average molecular weight is 358 g/mol. The maximum atomic E-state index is 11.9. The molecule has 0 radical (unpaired) electrons. The molecule has 0 amide bonds. The van der Waals surface area contributed by atoms with Gasteiger partial charge in [0.25, 0.3) is 0 Å². The maximum absolute atomic E-state index is 11.9. The van der Waals surface area contributed by atoms with Crippen LogP contribution in [0.2, 0.25) is 0 Å². The Morgan fingerprint density at radius 3 is 2.48 bits per heavy atom. The number of aliphatic hydroxyl groups is 2. The molecule has 1 heterocycles. The van der Waals surface area contributed by atoms with E-state index >= 15 is 0 Å². The molecule has 1 saturated heterocycles. The molecule has 1 aliphatic carbocycles. The number of hydrogen-bond donors (Lipinski definition) is 2. The van der Waals surface area contributed by atoms with Crippen LogP contribution in [0, 0.1) is 17.3 Å². The lowest BCUT2D eigenvalue weighted by atomic mass is 9.50. The van der Waals surface area contributed by atoms with Crippen molar-refractivity contribution in [1.82, 2.24) is 0 Å². The van der Waals surface area contributed by atoms with E-state index in [0.29, 0.717) is 12.8 Å². The highest BCUT2D eigenvalue weighted by atomic mass is 16.6. The van der Waals surface area contributed by atoms with Crippen LogP contribution in [0.3, 0.4) is 0 Å². The van der Waals surface area contributed by atoms with Gasteiger partial charge in [-0.15, -0.1) is 0 Å². The largest absolute Gasteiger partial charge is 0.469 e. The molecule has 0 aromatic carbocycles. The molecule has 6 atom stereocenters. The topological polar surface area (TPSA) is 102 Å². The van der Waals surface area contributed by atoms with Gasteiger partial charge in [0.15, 0.2) is 0 Å². The van der Waals surface area contributed by atoms with Crippen LogP contribution in [0.4, 0.5) is 0 Å². The molecule has 2 fully saturated rings. The van der Waals surface area contributed by atoms with Gasteiger partial charge in [-0.1, -0.05) is 13.8 Å². The third-order valence-corrected chi connectivity index (χ3v) is 6.45. The molecule has 0 bridgehead atoms. The standard InChI is InChI=1S/C18H30O7/c1-11(15(21)23-5)13-6-7-16(3,10-19)18(8-13)17(4,22)14(25-18)9-24-12(2)20/h11,13-14,19,22H,6-10H2,1-5H3/t11-,13+,14+,16-,17+,18+/m0/s1. The second-order valence-electron chi connectivity index (χ2n) is 7.92. The number of rotatable bonds is 5. The van der Waals surface area contributed by atoms with Gasteiger partial charge >= 0.3 is 11.9 Å². The second-order valence-corrected chi connectivity index (χ2v) is 7.92. The first-order valence-electron chi connectivity index (χ1n) is 8.77. The number of carbonyl (C=O) groups excluding carboxylic acids is 2. The van der Waals surface area contributed by atoms with E-state index in [1.165, 1.54) is 14.0 Å². The van der Waals surface area contributed by atoms with E-state index in [1.54, 1.807) is 6.92 Å². The molecule has 1 aliphatic heterocycles. The van der Waals surface area contributed by atoms with Gasteiger partial charge in [0.05, 0.1) is 19.6 Å². The van der Waals surface area contributed by atoms with Crippen LogP contribution in [0.25, 0.3) is 0 Å². The van der Waals surface area contributed by atoms with Gasteiger partial charge in [-0.05, 0) is 32.1 Å². The lowest BCUT2D eigenvalue weighted by Crippen LogP contribution is -2.81. The Morgan fingerprint density at radius 2 is 2.00 bits per heavy atom.